The standard InChI is InChI=1S/C13H17N3O3S/c1-3-20(18,19)8-9(2)15-13(17)11-6-4-5-10-7-14-16-12(10)11/h4-7,9H,3,8H2,1-2H3,(H,14,16)(H,15,17)/t9-/m0/s1. The number of aromatic amines is 1. The number of fused-ring (bicyclic) bond motifs is 1. The number of sulfone groups is 1. The molecule has 0 radical (unpaired) electrons. The van der Waals surface area contributed by atoms with Crippen molar-refractivity contribution in [1.29, 1.82) is 0 Å². The number of amides is 1. The Morgan fingerprint density at radius 3 is 2.90 bits per heavy atom. The lowest BCUT2D eigenvalue weighted by atomic mass is 10.1. The maximum Gasteiger partial charge on any atom is 0.253 e. The Hall–Kier alpha value is -1.89. The number of benzene rings is 1. The summed E-state index contributed by atoms with van der Waals surface area (Å²) < 4.78 is 23.1. The van der Waals surface area contributed by atoms with Gasteiger partial charge in [0, 0.05) is 17.2 Å². The number of carbonyl (C=O) groups excluding carboxylic acids is 1. The van der Waals surface area contributed by atoms with Gasteiger partial charge in [-0.3, -0.25) is 9.89 Å². The molecule has 1 heterocycles. The summed E-state index contributed by atoms with van der Waals surface area (Å²) in [6.45, 7) is 3.27. The van der Waals surface area contributed by atoms with Gasteiger partial charge in [-0.05, 0) is 13.0 Å². The number of hydrogen-bond donors (Lipinski definition) is 2. The van der Waals surface area contributed by atoms with Crippen molar-refractivity contribution < 1.29 is 13.2 Å². The Bertz CT molecular complexity index is 721. The highest BCUT2D eigenvalue weighted by Gasteiger charge is 2.18. The van der Waals surface area contributed by atoms with Crippen molar-refractivity contribution in [1.82, 2.24) is 15.5 Å². The molecule has 6 nitrogen and oxygen atoms in total. The number of hydrogen-bond acceptors (Lipinski definition) is 4. The zero-order valence-corrected chi connectivity index (χ0v) is 12.2. The summed E-state index contributed by atoms with van der Waals surface area (Å²) in [7, 11) is -3.11. The molecule has 0 unspecified atom stereocenters. The van der Waals surface area contributed by atoms with E-state index in [1.807, 2.05) is 6.07 Å². The fraction of sp³-hybridized carbons (Fsp3) is 0.385. The third-order valence-electron chi connectivity index (χ3n) is 3.04. The van der Waals surface area contributed by atoms with Crippen LogP contribution in [0.2, 0.25) is 0 Å². The molecule has 1 atom stereocenters. The van der Waals surface area contributed by atoms with Crippen molar-refractivity contribution in [2.45, 2.75) is 19.9 Å². The monoisotopic (exact) mass is 295 g/mol. The van der Waals surface area contributed by atoms with Crippen LogP contribution in [0.15, 0.2) is 24.4 Å². The van der Waals surface area contributed by atoms with Gasteiger partial charge in [0.25, 0.3) is 5.91 Å². The third kappa shape index (κ3) is 3.16. The van der Waals surface area contributed by atoms with Gasteiger partial charge in [-0.15, -0.1) is 0 Å². The second kappa shape index (κ2) is 5.62. The predicted molar refractivity (Wildman–Crippen MR) is 77.3 cm³/mol. The zero-order chi connectivity index (χ0) is 14.8. The third-order valence-corrected chi connectivity index (χ3v) is 4.93. The topological polar surface area (TPSA) is 91.9 Å². The Balaban J connectivity index is 2.14. The van der Waals surface area contributed by atoms with Gasteiger partial charge < -0.3 is 5.32 Å². The van der Waals surface area contributed by atoms with E-state index in [0.717, 1.165) is 5.39 Å². The second-order valence-electron chi connectivity index (χ2n) is 4.71. The fourth-order valence-corrected chi connectivity index (χ4v) is 3.08. The van der Waals surface area contributed by atoms with Gasteiger partial charge >= 0.3 is 0 Å². The molecule has 108 valence electrons. The van der Waals surface area contributed by atoms with E-state index in [1.165, 1.54) is 0 Å². The Kier molecular flexibility index (Phi) is 4.08. The van der Waals surface area contributed by atoms with E-state index in [1.54, 1.807) is 32.2 Å². The lowest BCUT2D eigenvalue weighted by Gasteiger charge is -2.13. The average Bonchev–Trinajstić information content (AvgIpc) is 2.85. The molecular weight excluding hydrogens is 278 g/mol. The maximum absolute atomic E-state index is 12.2. The highest BCUT2D eigenvalue weighted by atomic mass is 32.2. The van der Waals surface area contributed by atoms with Crippen LogP contribution in [0.3, 0.4) is 0 Å². The van der Waals surface area contributed by atoms with Gasteiger partial charge in [0.15, 0.2) is 9.84 Å². The van der Waals surface area contributed by atoms with Crippen molar-refractivity contribution in [2.75, 3.05) is 11.5 Å². The lowest BCUT2D eigenvalue weighted by Crippen LogP contribution is -2.38. The van der Waals surface area contributed by atoms with Crippen molar-refractivity contribution in [3.05, 3.63) is 30.0 Å². The summed E-state index contributed by atoms with van der Waals surface area (Å²) >= 11 is 0. The fourth-order valence-electron chi connectivity index (χ4n) is 2.00. The molecule has 0 aliphatic carbocycles. The van der Waals surface area contributed by atoms with E-state index in [2.05, 4.69) is 15.5 Å². The van der Waals surface area contributed by atoms with E-state index >= 15 is 0 Å². The maximum atomic E-state index is 12.2. The minimum atomic E-state index is -3.11. The van der Waals surface area contributed by atoms with Crippen molar-refractivity contribution in [2.24, 2.45) is 0 Å². The molecule has 1 aromatic heterocycles. The Labute approximate surface area is 117 Å². The summed E-state index contributed by atoms with van der Waals surface area (Å²) in [5.74, 6) is -0.295. The van der Waals surface area contributed by atoms with E-state index in [9.17, 15) is 13.2 Å². The summed E-state index contributed by atoms with van der Waals surface area (Å²) in [5, 5.41) is 10.2. The molecule has 1 amide bonds. The molecule has 1 aromatic carbocycles. The van der Waals surface area contributed by atoms with Crippen LogP contribution >= 0.6 is 0 Å². The first-order valence-corrected chi connectivity index (χ1v) is 8.18. The van der Waals surface area contributed by atoms with Gasteiger partial charge in [-0.2, -0.15) is 5.10 Å². The molecule has 0 aliphatic heterocycles. The number of carbonyl (C=O) groups is 1. The van der Waals surface area contributed by atoms with Crippen LogP contribution in [-0.2, 0) is 9.84 Å². The number of aromatic nitrogens is 2. The highest BCUT2D eigenvalue weighted by Crippen LogP contribution is 2.15. The molecule has 0 spiro atoms. The molecule has 0 saturated heterocycles. The van der Waals surface area contributed by atoms with E-state index < -0.39 is 15.9 Å². The molecule has 2 rings (SSSR count). The molecule has 0 aliphatic rings. The van der Waals surface area contributed by atoms with Crippen molar-refractivity contribution in [3.8, 4) is 0 Å². The molecule has 0 fully saturated rings. The minimum Gasteiger partial charge on any atom is -0.348 e. The van der Waals surface area contributed by atoms with Crippen LogP contribution in [0.5, 0.6) is 0 Å². The van der Waals surface area contributed by atoms with E-state index in [-0.39, 0.29) is 17.4 Å². The SMILES string of the molecule is CCS(=O)(=O)C[C@H](C)NC(=O)c1cccc2cn[nH]c12. The van der Waals surface area contributed by atoms with Crippen LogP contribution in [0.4, 0.5) is 0 Å². The summed E-state index contributed by atoms with van der Waals surface area (Å²) in [6.07, 6.45) is 1.64. The quantitative estimate of drug-likeness (QED) is 0.864. The van der Waals surface area contributed by atoms with Crippen molar-refractivity contribution >= 4 is 26.6 Å². The first kappa shape index (κ1) is 14.5. The molecule has 7 heteroatoms. The van der Waals surface area contributed by atoms with Gasteiger partial charge in [0.05, 0.1) is 23.0 Å². The number of nitrogens with one attached hydrogen (secondary N) is 2. The molecule has 0 bridgehead atoms. The van der Waals surface area contributed by atoms with Crippen LogP contribution in [0.25, 0.3) is 10.9 Å². The number of nitrogens with zero attached hydrogens (tertiary/aromatic N) is 1. The molecule has 0 saturated carbocycles. The van der Waals surface area contributed by atoms with Gasteiger partial charge in [-0.1, -0.05) is 19.1 Å². The normalized spacial score (nSPS) is 13.3. The molecule has 2 aromatic rings. The van der Waals surface area contributed by atoms with Crippen molar-refractivity contribution in [3.63, 3.8) is 0 Å². The predicted octanol–water partition coefficient (Wildman–Crippen LogP) is 1.12. The highest BCUT2D eigenvalue weighted by molar-refractivity contribution is 7.91. The summed E-state index contributed by atoms with van der Waals surface area (Å²) in [5.41, 5.74) is 1.11. The number of rotatable bonds is 5. The first-order chi connectivity index (χ1) is 9.43. The Morgan fingerprint density at radius 1 is 1.45 bits per heavy atom. The minimum absolute atomic E-state index is 0.0613. The van der Waals surface area contributed by atoms with Crippen LogP contribution in [-0.4, -0.2) is 42.1 Å². The Morgan fingerprint density at radius 2 is 2.20 bits per heavy atom. The van der Waals surface area contributed by atoms with Crippen LogP contribution in [0.1, 0.15) is 24.2 Å². The lowest BCUT2D eigenvalue weighted by molar-refractivity contribution is 0.0945. The van der Waals surface area contributed by atoms with E-state index in [0.29, 0.717) is 11.1 Å². The van der Waals surface area contributed by atoms with Gasteiger partial charge in [-0.25, -0.2) is 8.42 Å². The number of para-hydroxylation sites is 1. The smallest absolute Gasteiger partial charge is 0.253 e. The molecule has 20 heavy (non-hydrogen) atoms. The number of H-pyrrole nitrogens is 1. The summed E-state index contributed by atoms with van der Waals surface area (Å²) in [4.78, 5) is 12.2. The first-order valence-electron chi connectivity index (χ1n) is 6.36. The second-order valence-corrected chi connectivity index (χ2v) is 7.11. The van der Waals surface area contributed by atoms with Gasteiger partial charge in [0.1, 0.15) is 0 Å². The van der Waals surface area contributed by atoms with Crippen LogP contribution < -0.4 is 5.32 Å². The molecule has 2 N–H and O–H groups in total. The molecular formula is C13H17N3O3S. The van der Waals surface area contributed by atoms with Crippen LogP contribution in [0, 0.1) is 0 Å². The summed E-state index contributed by atoms with van der Waals surface area (Å²) in [6, 6.07) is 4.85. The largest absolute Gasteiger partial charge is 0.348 e. The van der Waals surface area contributed by atoms with Gasteiger partial charge in [0.2, 0.25) is 0 Å². The van der Waals surface area contributed by atoms with E-state index in [4.69, 9.17) is 0 Å². The average molecular weight is 295 g/mol. The zero-order valence-electron chi connectivity index (χ0n) is 11.4.